The number of hydrogen-bond donors (Lipinski definition) is 4. The van der Waals surface area contributed by atoms with E-state index in [2.05, 4.69) is 45.0 Å². The highest BCUT2D eigenvalue weighted by Crippen LogP contribution is 2.38. The first-order valence-electron chi connectivity index (χ1n) is 30.2. The molecule has 4 bridgehead atoms. The van der Waals surface area contributed by atoms with Crippen LogP contribution >= 0.6 is 0 Å². The number of hydrogen-bond acceptors (Lipinski definition) is 17. The van der Waals surface area contributed by atoms with Gasteiger partial charge in [-0.05, 0) is 109 Å². The van der Waals surface area contributed by atoms with Gasteiger partial charge in [-0.3, -0.25) is 28.8 Å². The molecule has 6 aliphatic rings. The third-order valence-corrected chi connectivity index (χ3v) is 17.4. The summed E-state index contributed by atoms with van der Waals surface area (Å²) >= 11 is 0. The topological polar surface area (TPSA) is 297 Å². The number of alkyl carbamates (subject to hydrolysis) is 1. The monoisotopic (exact) mass is 1190 g/mol. The molecule has 0 spiro atoms. The molecule has 87 heavy (non-hydrogen) atoms. The normalized spacial score (nSPS) is 20.1. The molecule has 2 aliphatic carbocycles. The van der Waals surface area contributed by atoms with Gasteiger partial charge < -0.3 is 65.0 Å². The van der Waals surface area contributed by atoms with Crippen LogP contribution in [-0.2, 0) is 14.3 Å². The number of piperazine rings is 2. The Morgan fingerprint density at radius 3 is 1.31 bits per heavy atom. The van der Waals surface area contributed by atoms with Crippen LogP contribution in [0.5, 0.6) is 0 Å². The number of nitrogens with zero attached hydrogens (tertiary/aromatic N) is 14. The van der Waals surface area contributed by atoms with Gasteiger partial charge in [-0.2, -0.15) is 9.97 Å². The zero-order chi connectivity index (χ0) is 61.4. The first-order valence-corrected chi connectivity index (χ1v) is 30.2. The van der Waals surface area contributed by atoms with Crippen molar-refractivity contribution in [2.45, 2.75) is 140 Å². The quantitative estimate of drug-likeness (QED) is 0.105. The number of nitrogens with one attached hydrogen (secondary N) is 3. The summed E-state index contributed by atoms with van der Waals surface area (Å²) in [5.41, 5.74) is 8.54. The molecule has 12 rings (SSSR count). The third kappa shape index (κ3) is 12.7. The smallest absolute Gasteiger partial charge is 0.408 e. The van der Waals surface area contributed by atoms with Gasteiger partial charge in [0, 0.05) is 126 Å². The van der Waals surface area contributed by atoms with Crippen molar-refractivity contribution < 1.29 is 38.3 Å². The van der Waals surface area contributed by atoms with Gasteiger partial charge in [0.15, 0.2) is 0 Å². The first-order chi connectivity index (χ1) is 41.7. The van der Waals surface area contributed by atoms with Gasteiger partial charge in [-0.1, -0.05) is 25.7 Å². The van der Waals surface area contributed by atoms with Crippen molar-refractivity contribution in [1.29, 1.82) is 0 Å². The Morgan fingerprint density at radius 1 is 0.552 bits per heavy atom. The second kappa shape index (κ2) is 24.9. The van der Waals surface area contributed by atoms with E-state index in [9.17, 15) is 33.6 Å². The van der Waals surface area contributed by atoms with Gasteiger partial charge in [-0.25, -0.2) is 24.7 Å². The van der Waals surface area contributed by atoms with E-state index < -0.39 is 11.7 Å². The maximum Gasteiger partial charge on any atom is 0.408 e. The Labute approximate surface area is 504 Å². The van der Waals surface area contributed by atoms with E-state index in [1.54, 1.807) is 107 Å². The Hall–Kier alpha value is -8.81. The van der Waals surface area contributed by atoms with Gasteiger partial charge in [0.05, 0.1) is 17.7 Å². The summed E-state index contributed by atoms with van der Waals surface area (Å²) in [6.07, 6.45) is 17.8. The summed E-state index contributed by atoms with van der Waals surface area (Å²) in [5.74, 6) is 1.13. The molecular formula is C61H78N18O8. The van der Waals surface area contributed by atoms with E-state index in [1.165, 1.54) is 6.20 Å². The summed E-state index contributed by atoms with van der Waals surface area (Å²) in [7, 11) is 7.01. The number of likely N-dealkylation sites (tertiary alicyclic amines) is 2. The maximum absolute atomic E-state index is 13.5. The molecule has 0 aromatic carbocycles. The molecule has 26 heteroatoms. The van der Waals surface area contributed by atoms with Crippen LogP contribution in [0.25, 0.3) is 22.1 Å². The molecule has 6 aromatic rings. The van der Waals surface area contributed by atoms with E-state index >= 15 is 0 Å². The molecule has 10 heterocycles. The molecule has 26 nitrogen and oxygen atoms in total. The largest absolute Gasteiger partial charge is 0.444 e. The van der Waals surface area contributed by atoms with E-state index in [1.807, 2.05) is 26.8 Å². The van der Waals surface area contributed by atoms with Crippen molar-refractivity contribution in [3.63, 3.8) is 0 Å². The highest BCUT2D eigenvalue weighted by molar-refractivity contribution is 5.99. The lowest BCUT2D eigenvalue weighted by Gasteiger charge is -2.41. The van der Waals surface area contributed by atoms with Crippen LogP contribution in [-0.4, -0.2) is 207 Å². The summed E-state index contributed by atoms with van der Waals surface area (Å²) in [6.45, 7) is 7.00. The number of carbonyl (C=O) groups excluding carboxylic acids is 7. The van der Waals surface area contributed by atoms with Crippen molar-refractivity contribution in [3.05, 3.63) is 83.7 Å². The predicted molar refractivity (Wildman–Crippen MR) is 324 cm³/mol. The number of aromatic nitrogens is 8. The molecule has 5 N–H and O–H groups in total. The molecule has 6 fully saturated rings. The van der Waals surface area contributed by atoms with Crippen LogP contribution in [0, 0.1) is 0 Å². The molecule has 0 radical (unpaired) electrons. The molecule has 4 saturated heterocycles. The summed E-state index contributed by atoms with van der Waals surface area (Å²) in [5, 5.41) is 10.5. The number of rotatable bonds is 13. The summed E-state index contributed by atoms with van der Waals surface area (Å²) < 4.78 is 9.37. The molecule has 4 aliphatic heterocycles. The van der Waals surface area contributed by atoms with Gasteiger partial charge in [0.2, 0.25) is 23.7 Å². The number of pyridine rings is 2. The molecule has 7 amide bonds. The van der Waals surface area contributed by atoms with Crippen LogP contribution in [0.2, 0.25) is 0 Å². The SMILES string of the molecule is CN(C)C(=O)c1cc2cnc(Nc3ccc(C(=O)N4CC5CCC(C4)N5C(=O)CN)cn3)nc2n1C1CCCC1.CN(C)C(=O)c1cc2cnc(Nc3ccc(C(=O)N4CC5CCC(C4)N5C(=O)CNC(=O)OC(C)(C)C)cn3)nc2n1C1CCCC1. The molecule has 2 saturated carbocycles. The second-order valence-electron chi connectivity index (χ2n) is 25.0. The fourth-order valence-electron chi connectivity index (χ4n) is 13.4. The van der Waals surface area contributed by atoms with Crippen LogP contribution < -0.4 is 21.7 Å². The fourth-order valence-corrected chi connectivity index (χ4v) is 13.4. The van der Waals surface area contributed by atoms with Gasteiger partial charge in [0.25, 0.3) is 23.6 Å². The van der Waals surface area contributed by atoms with Gasteiger partial charge in [-0.15, -0.1) is 0 Å². The highest BCUT2D eigenvalue weighted by Gasteiger charge is 2.45. The van der Waals surface area contributed by atoms with Crippen molar-refractivity contribution in [2.75, 3.05) is 78.1 Å². The number of amides is 7. The molecule has 460 valence electrons. The Bertz CT molecular complexity index is 3560. The highest BCUT2D eigenvalue weighted by atomic mass is 16.6. The van der Waals surface area contributed by atoms with Crippen molar-refractivity contribution >= 4 is 87.1 Å². The van der Waals surface area contributed by atoms with Crippen molar-refractivity contribution in [3.8, 4) is 0 Å². The van der Waals surface area contributed by atoms with E-state index in [-0.39, 0.29) is 84.8 Å². The molecule has 4 atom stereocenters. The van der Waals surface area contributed by atoms with Crippen LogP contribution in [0.3, 0.4) is 0 Å². The Balaban J connectivity index is 0.000000182. The minimum absolute atomic E-state index is 0.00222. The zero-order valence-corrected chi connectivity index (χ0v) is 50.6. The lowest BCUT2D eigenvalue weighted by molar-refractivity contribution is -0.136. The molecular weight excluding hydrogens is 1110 g/mol. The summed E-state index contributed by atoms with van der Waals surface area (Å²) in [6, 6.07) is 10.9. The van der Waals surface area contributed by atoms with Crippen LogP contribution in [0.15, 0.2) is 61.2 Å². The lowest BCUT2D eigenvalue weighted by Crippen LogP contribution is -2.58. The number of anilines is 4. The standard InChI is InChI=1S/C33H43N9O5.C28H35N9O3/c1-33(2,3)47-32(46)36-17-27(43)41-23-11-12-24(41)19-40(18-23)29(44)20-10-13-26(34-15-20)37-31-35-16-21-14-25(30(45)39(4)5)42(28(21)38-31)22-8-6-7-9-22;1-34(2)27(40)22-11-18-14-31-28(33-25(18)37(22)19-5-3-4-6-19)32-23-10-7-17(13-30-23)26(39)35-15-20-8-9-21(16-35)36(20)24(38)12-29/h10,13-16,22-24H,6-9,11-12,17-19H2,1-5H3,(H,36,46)(H,34,35,37,38);7,10-11,13-14,19-21H,3-6,8-9,12,15-16,29H2,1-2H3,(H,30,31,32,33). The predicted octanol–water partition coefficient (Wildman–Crippen LogP) is 5.89. The number of ether oxygens (including phenoxy) is 1. The van der Waals surface area contributed by atoms with Crippen LogP contribution in [0.1, 0.15) is 152 Å². The van der Waals surface area contributed by atoms with Crippen molar-refractivity contribution in [1.82, 2.24) is 73.8 Å². The summed E-state index contributed by atoms with van der Waals surface area (Å²) in [4.78, 5) is 128. The molecule has 4 unspecified atom stereocenters. The average molecular weight is 1190 g/mol. The van der Waals surface area contributed by atoms with E-state index in [4.69, 9.17) is 20.4 Å². The minimum atomic E-state index is -0.649. The third-order valence-electron chi connectivity index (χ3n) is 17.4. The number of carbonyl (C=O) groups is 7. The zero-order valence-electron chi connectivity index (χ0n) is 50.6. The number of nitrogens with two attached hydrogens (primary N) is 1. The van der Waals surface area contributed by atoms with Crippen LogP contribution in [0.4, 0.5) is 28.3 Å². The Kier molecular flexibility index (Phi) is 17.1. The fraction of sp³-hybridized carbons (Fsp3) is 0.525. The van der Waals surface area contributed by atoms with E-state index in [0.29, 0.717) is 77.9 Å². The maximum atomic E-state index is 13.5. The second-order valence-corrected chi connectivity index (χ2v) is 25.0. The average Bonchev–Trinajstić information content (AvgIpc) is 1.93. The van der Waals surface area contributed by atoms with Gasteiger partial charge >= 0.3 is 6.09 Å². The van der Waals surface area contributed by atoms with Crippen molar-refractivity contribution in [2.24, 2.45) is 5.73 Å². The first kappa shape index (κ1) is 59.9. The van der Waals surface area contributed by atoms with E-state index in [0.717, 1.165) is 93.5 Å². The van der Waals surface area contributed by atoms with Gasteiger partial charge in [0.1, 0.15) is 46.5 Å². The number of fused-ring (bicyclic) bond motifs is 6. The molecule has 6 aromatic heterocycles. The minimum Gasteiger partial charge on any atom is -0.444 e. The lowest BCUT2D eigenvalue weighted by atomic mass is 10.1. The Morgan fingerprint density at radius 2 is 0.954 bits per heavy atom.